The third-order valence-electron chi connectivity index (χ3n) is 4.26. The minimum absolute atomic E-state index is 0.0551. The molecule has 1 aliphatic heterocycles. The molecule has 3 unspecified atom stereocenters. The molecule has 1 N–H and O–H groups in total. The van der Waals surface area contributed by atoms with Gasteiger partial charge in [-0.15, -0.1) is 0 Å². The summed E-state index contributed by atoms with van der Waals surface area (Å²) in [5.74, 6) is 0.421. The standard InChI is InChI=1S/C16H22N2O2/c1-3-18-14-7-5-4-6-12(14)13(17-18)10-15(19)16-11(2)8-9-20-16/h4-7,11,15-16,19H,3,8-10H2,1-2H3. The first-order chi connectivity index (χ1) is 9.70. The van der Waals surface area contributed by atoms with E-state index in [1.165, 1.54) is 0 Å². The van der Waals surface area contributed by atoms with Crippen LogP contribution in [-0.4, -0.2) is 33.7 Å². The van der Waals surface area contributed by atoms with Crippen molar-refractivity contribution in [2.45, 2.75) is 45.4 Å². The lowest BCUT2D eigenvalue weighted by atomic mass is 9.96. The Kier molecular flexibility index (Phi) is 3.76. The zero-order valence-electron chi connectivity index (χ0n) is 12.1. The number of ether oxygens (including phenoxy) is 1. The van der Waals surface area contributed by atoms with Gasteiger partial charge in [-0.05, 0) is 25.3 Å². The SMILES string of the molecule is CCn1nc(CC(O)C2OCCC2C)c2ccccc21. The van der Waals surface area contributed by atoms with Crippen molar-refractivity contribution < 1.29 is 9.84 Å². The largest absolute Gasteiger partial charge is 0.390 e. The van der Waals surface area contributed by atoms with Crippen molar-refractivity contribution in [2.75, 3.05) is 6.61 Å². The molecule has 0 aliphatic carbocycles. The van der Waals surface area contributed by atoms with Crippen molar-refractivity contribution in [1.29, 1.82) is 0 Å². The molecule has 2 aromatic rings. The van der Waals surface area contributed by atoms with E-state index < -0.39 is 6.10 Å². The summed E-state index contributed by atoms with van der Waals surface area (Å²) < 4.78 is 7.66. The molecule has 1 aromatic heterocycles. The molecular formula is C16H22N2O2. The van der Waals surface area contributed by atoms with Gasteiger partial charge in [0.1, 0.15) is 0 Å². The second-order valence-corrected chi connectivity index (χ2v) is 5.65. The van der Waals surface area contributed by atoms with Crippen LogP contribution >= 0.6 is 0 Å². The smallest absolute Gasteiger partial charge is 0.0864 e. The predicted octanol–water partition coefficient (Wildman–Crippen LogP) is 2.38. The van der Waals surface area contributed by atoms with E-state index in [9.17, 15) is 5.11 Å². The van der Waals surface area contributed by atoms with Crippen LogP contribution in [0.15, 0.2) is 24.3 Å². The molecule has 1 aliphatic rings. The molecule has 0 amide bonds. The third-order valence-corrected chi connectivity index (χ3v) is 4.26. The van der Waals surface area contributed by atoms with Gasteiger partial charge in [-0.2, -0.15) is 5.10 Å². The van der Waals surface area contributed by atoms with E-state index in [2.05, 4.69) is 31.1 Å². The summed E-state index contributed by atoms with van der Waals surface area (Å²) in [6, 6.07) is 8.21. The summed E-state index contributed by atoms with van der Waals surface area (Å²) in [7, 11) is 0. The zero-order valence-corrected chi connectivity index (χ0v) is 12.1. The Morgan fingerprint density at radius 3 is 2.95 bits per heavy atom. The molecule has 1 fully saturated rings. The number of benzene rings is 1. The Morgan fingerprint density at radius 1 is 1.45 bits per heavy atom. The molecule has 108 valence electrons. The van der Waals surface area contributed by atoms with Gasteiger partial charge in [-0.25, -0.2) is 0 Å². The quantitative estimate of drug-likeness (QED) is 0.931. The summed E-state index contributed by atoms with van der Waals surface area (Å²) >= 11 is 0. The lowest BCUT2D eigenvalue weighted by Crippen LogP contribution is -2.32. The van der Waals surface area contributed by atoms with E-state index in [-0.39, 0.29) is 6.10 Å². The lowest BCUT2D eigenvalue weighted by Gasteiger charge is -2.20. The van der Waals surface area contributed by atoms with Crippen molar-refractivity contribution in [3.05, 3.63) is 30.0 Å². The van der Waals surface area contributed by atoms with Gasteiger partial charge in [0.05, 0.1) is 23.4 Å². The number of nitrogens with zero attached hydrogens (tertiary/aromatic N) is 2. The van der Waals surface area contributed by atoms with Gasteiger partial charge < -0.3 is 9.84 Å². The molecule has 2 heterocycles. The maximum Gasteiger partial charge on any atom is 0.0864 e. The van der Waals surface area contributed by atoms with Crippen molar-refractivity contribution in [2.24, 2.45) is 5.92 Å². The summed E-state index contributed by atoms with van der Waals surface area (Å²) in [5.41, 5.74) is 2.11. The van der Waals surface area contributed by atoms with E-state index >= 15 is 0 Å². The Morgan fingerprint density at radius 2 is 2.25 bits per heavy atom. The highest BCUT2D eigenvalue weighted by Crippen LogP contribution is 2.26. The van der Waals surface area contributed by atoms with Crippen molar-refractivity contribution in [1.82, 2.24) is 9.78 Å². The average molecular weight is 274 g/mol. The van der Waals surface area contributed by atoms with Crippen LogP contribution in [0.5, 0.6) is 0 Å². The Hall–Kier alpha value is -1.39. The van der Waals surface area contributed by atoms with Crippen molar-refractivity contribution >= 4 is 10.9 Å². The summed E-state index contributed by atoms with van der Waals surface area (Å²) in [6.45, 7) is 5.82. The Labute approximate surface area is 119 Å². The lowest BCUT2D eigenvalue weighted by molar-refractivity contribution is -0.0160. The topological polar surface area (TPSA) is 47.3 Å². The molecule has 0 radical (unpaired) electrons. The van der Waals surface area contributed by atoms with Crippen LogP contribution < -0.4 is 0 Å². The number of rotatable bonds is 4. The second kappa shape index (κ2) is 5.54. The fraction of sp³-hybridized carbons (Fsp3) is 0.562. The molecule has 20 heavy (non-hydrogen) atoms. The van der Waals surface area contributed by atoms with Crippen LogP contribution in [0.1, 0.15) is 26.0 Å². The number of aliphatic hydroxyl groups is 1. The van der Waals surface area contributed by atoms with Gasteiger partial charge >= 0.3 is 0 Å². The molecule has 1 aromatic carbocycles. The maximum atomic E-state index is 10.4. The normalized spacial score (nSPS) is 24.4. The number of aliphatic hydroxyl groups excluding tert-OH is 1. The van der Waals surface area contributed by atoms with E-state index in [0.717, 1.165) is 36.2 Å². The highest BCUT2D eigenvalue weighted by atomic mass is 16.5. The number of aryl methyl sites for hydroxylation is 1. The first kappa shape index (κ1) is 13.6. The fourth-order valence-corrected chi connectivity index (χ4v) is 3.11. The van der Waals surface area contributed by atoms with E-state index in [0.29, 0.717) is 12.3 Å². The number of fused-ring (bicyclic) bond motifs is 1. The van der Waals surface area contributed by atoms with Gasteiger partial charge in [0.2, 0.25) is 0 Å². The van der Waals surface area contributed by atoms with E-state index in [1.807, 2.05) is 16.8 Å². The van der Waals surface area contributed by atoms with E-state index in [4.69, 9.17) is 4.74 Å². The van der Waals surface area contributed by atoms with Gasteiger partial charge in [0.25, 0.3) is 0 Å². The Balaban J connectivity index is 1.87. The molecular weight excluding hydrogens is 252 g/mol. The van der Waals surface area contributed by atoms with Gasteiger partial charge in [-0.3, -0.25) is 4.68 Å². The second-order valence-electron chi connectivity index (χ2n) is 5.65. The van der Waals surface area contributed by atoms with Crippen LogP contribution in [0, 0.1) is 5.92 Å². The molecule has 4 nitrogen and oxygen atoms in total. The minimum atomic E-state index is -0.476. The predicted molar refractivity (Wildman–Crippen MR) is 78.6 cm³/mol. The van der Waals surface area contributed by atoms with Crippen LogP contribution in [0.3, 0.4) is 0 Å². The molecule has 0 spiro atoms. The molecule has 3 atom stereocenters. The molecule has 0 bridgehead atoms. The number of aromatic nitrogens is 2. The molecule has 3 rings (SSSR count). The Bertz CT molecular complexity index is 593. The zero-order chi connectivity index (χ0) is 14.1. The van der Waals surface area contributed by atoms with Crippen LogP contribution in [0.4, 0.5) is 0 Å². The van der Waals surface area contributed by atoms with Gasteiger partial charge in [-0.1, -0.05) is 25.1 Å². The summed E-state index contributed by atoms with van der Waals surface area (Å²) in [4.78, 5) is 0. The van der Waals surface area contributed by atoms with E-state index in [1.54, 1.807) is 0 Å². The first-order valence-corrected chi connectivity index (χ1v) is 7.44. The minimum Gasteiger partial charge on any atom is -0.390 e. The first-order valence-electron chi connectivity index (χ1n) is 7.44. The van der Waals surface area contributed by atoms with Crippen LogP contribution in [0.25, 0.3) is 10.9 Å². The number of hydrogen-bond donors (Lipinski definition) is 1. The number of para-hydroxylation sites is 1. The summed E-state index contributed by atoms with van der Waals surface area (Å²) in [5, 5.41) is 16.2. The fourth-order valence-electron chi connectivity index (χ4n) is 3.11. The monoisotopic (exact) mass is 274 g/mol. The highest BCUT2D eigenvalue weighted by Gasteiger charge is 2.31. The third kappa shape index (κ3) is 2.34. The molecule has 4 heteroatoms. The van der Waals surface area contributed by atoms with Crippen molar-refractivity contribution in [3.63, 3.8) is 0 Å². The maximum absolute atomic E-state index is 10.4. The number of hydrogen-bond acceptors (Lipinski definition) is 3. The van der Waals surface area contributed by atoms with Gasteiger partial charge in [0, 0.05) is 25.0 Å². The molecule has 1 saturated heterocycles. The summed E-state index contributed by atoms with van der Waals surface area (Å²) in [6.07, 6.45) is 1.06. The van der Waals surface area contributed by atoms with Crippen molar-refractivity contribution in [3.8, 4) is 0 Å². The molecule has 0 saturated carbocycles. The van der Waals surface area contributed by atoms with Crippen LogP contribution in [0.2, 0.25) is 0 Å². The highest BCUT2D eigenvalue weighted by molar-refractivity contribution is 5.82. The average Bonchev–Trinajstić information content (AvgIpc) is 3.03. The van der Waals surface area contributed by atoms with Crippen LogP contribution in [-0.2, 0) is 17.7 Å². The van der Waals surface area contributed by atoms with Gasteiger partial charge in [0.15, 0.2) is 0 Å².